The molecule has 60 valence electrons. The van der Waals surface area contributed by atoms with E-state index in [0.29, 0.717) is 6.29 Å². The van der Waals surface area contributed by atoms with Gasteiger partial charge in [-0.25, -0.2) is 0 Å². The van der Waals surface area contributed by atoms with Crippen molar-refractivity contribution in [2.45, 2.75) is 12.5 Å². The van der Waals surface area contributed by atoms with E-state index in [1.807, 2.05) is 0 Å². The first-order valence-corrected chi connectivity index (χ1v) is 4.51. The summed E-state index contributed by atoms with van der Waals surface area (Å²) in [6.07, 6.45) is 0.177. The maximum atomic E-state index is 10.2. The van der Waals surface area contributed by atoms with Gasteiger partial charge in [0.05, 0.1) is 12.2 Å². The van der Waals surface area contributed by atoms with Crippen molar-refractivity contribution in [2.75, 3.05) is 6.16 Å². The van der Waals surface area contributed by atoms with Crippen LogP contribution in [0.1, 0.15) is 6.42 Å². The average Bonchev–Trinajstić information content (AvgIpc) is 1.81. The number of hydrogen-bond donors (Lipinski definition) is 3. The van der Waals surface area contributed by atoms with Crippen LogP contribution >= 0.6 is 7.60 Å². The molecule has 0 aliphatic carbocycles. The molecule has 1 unspecified atom stereocenters. The number of carbonyl (C=O) groups excluding carboxylic acids is 1. The summed E-state index contributed by atoms with van der Waals surface area (Å²) >= 11 is 0. The fourth-order valence-corrected chi connectivity index (χ4v) is 1.02. The van der Waals surface area contributed by atoms with Gasteiger partial charge < -0.3 is 20.3 Å². The van der Waals surface area contributed by atoms with Gasteiger partial charge in [0.25, 0.3) is 0 Å². The predicted octanol–water partition coefficient (Wildman–Crippen LogP) is -0.920. The van der Waals surface area contributed by atoms with Gasteiger partial charge in [-0.3, -0.25) is 4.57 Å². The normalized spacial score (nSPS) is 14.7. The number of hydrogen-bond acceptors (Lipinski definition) is 3. The van der Waals surface area contributed by atoms with E-state index in [1.54, 1.807) is 0 Å². The molecule has 0 saturated heterocycles. The van der Waals surface area contributed by atoms with Crippen molar-refractivity contribution in [3.05, 3.63) is 0 Å². The van der Waals surface area contributed by atoms with Crippen LogP contribution in [0.5, 0.6) is 0 Å². The topological polar surface area (TPSA) is 101 Å². The van der Waals surface area contributed by atoms with Crippen LogP contribution in [-0.4, -0.2) is 28.3 Å². The third-order valence-corrected chi connectivity index (χ3v) is 1.77. The molecule has 0 rings (SSSR count). The number of rotatable bonds is 4. The largest absolute Gasteiger partial charge is 0.325 e. The highest BCUT2D eigenvalue weighted by molar-refractivity contribution is 7.51. The van der Waals surface area contributed by atoms with Crippen molar-refractivity contribution >= 4 is 13.9 Å². The lowest BCUT2D eigenvalue weighted by molar-refractivity contribution is -0.108. The van der Waals surface area contributed by atoms with E-state index in [0.717, 1.165) is 0 Å². The van der Waals surface area contributed by atoms with Crippen LogP contribution in [0.4, 0.5) is 0 Å². The lowest BCUT2D eigenvalue weighted by Crippen LogP contribution is -2.22. The molecule has 0 fully saturated rings. The molecular weight excluding hydrogens is 157 g/mol. The summed E-state index contributed by atoms with van der Waals surface area (Å²) in [5.41, 5.74) is 5.07. The van der Waals surface area contributed by atoms with E-state index in [2.05, 4.69) is 0 Å². The van der Waals surface area contributed by atoms with E-state index >= 15 is 0 Å². The molecule has 0 radical (unpaired) electrons. The van der Waals surface area contributed by atoms with E-state index in [-0.39, 0.29) is 12.6 Å². The molecular formula is C4H10NO4P. The van der Waals surface area contributed by atoms with Crippen LogP contribution in [0.3, 0.4) is 0 Å². The van der Waals surface area contributed by atoms with Crippen molar-refractivity contribution in [1.82, 2.24) is 0 Å². The zero-order valence-electron chi connectivity index (χ0n) is 5.30. The third kappa shape index (κ3) is 5.91. The Morgan fingerprint density at radius 3 is 2.40 bits per heavy atom. The van der Waals surface area contributed by atoms with Crippen LogP contribution in [0.15, 0.2) is 0 Å². The molecule has 0 bridgehead atoms. The summed E-state index contributed by atoms with van der Waals surface area (Å²) in [4.78, 5) is 26.4. The number of nitrogens with two attached hydrogens (primary N) is 1. The Morgan fingerprint density at radius 2 is 2.10 bits per heavy atom. The Kier molecular flexibility index (Phi) is 3.75. The highest BCUT2D eigenvalue weighted by Crippen LogP contribution is 2.34. The Labute approximate surface area is 58.4 Å². The average molecular weight is 167 g/mol. The molecule has 0 aliphatic heterocycles. The van der Waals surface area contributed by atoms with Crippen LogP contribution < -0.4 is 5.73 Å². The van der Waals surface area contributed by atoms with Crippen LogP contribution in [-0.2, 0) is 9.36 Å². The van der Waals surface area contributed by atoms with Crippen molar-refractivity contribution in [1.29, 1.82) is 0 Å². The van der Waals surface area contributed by atoms with Gasteiger partial charge in [0.2, 0.25) is 0 Å². The van der Waals surface area contributed by atoms with Gasteiger partial charge in [0, 0.05) is 0 Å². The molecule has 0 aromatic rings. The summed E-state index contributed by atoms with van der Waals surface area (Å²) in [6.45, 7) is 0. The van der Waals surface area contributed by atoms with E-state index in [4.69, 9.17) is 15.5 Å². The minimum atomic E-state index is -3.97. The summed E-state index contributed by atoms with van der Waals surface area (Å²) in [5, 5.41) is 0. The summed E-state index contributed by atoms with van der Waals surface area (Å²) < 4.78 is 10.2. The van der Waals surface area contributed by atoms with Crippen LogP contribution in [0.2, 0.25) is 0 Å². The van der Waals surface area contributed by atoms with Gasteiger partial charge in [0.15, 0.2) is 0 Å². The van der Waals surface area contributed by atoms with Gasteiger partial charge in [-0.1, -0.05) is 0 Å². The zero-order valence-corrected chi connectivity index (χ0v) is 6.20. The second-order valence-corrected chi connectivity index (χ2v) is 3.75. The van der Waals surface area contributed by atoms with E-state index in [9.17, 15) is 9.36 Å². The minimum absolute atomic E-state index is 0.0355. The van der Waals surface area contributed by atoms with Crippen molar-refractivity contribution < 1.29 is 19.1 Å². The maximum Gasteiger partial charge on any atom is 0.325 e. The first-order chi connectivity index (χ1) is 4.45. The second-order valence-electron chi connectivity index (χ2n) is 1.98. The molecule has 1 atom stereocenters. The fourth-order valence-electron chi connectivity index (χ4n) is 0.385. The van der Waals surface area contributed by atoms with Gasteiger partial charge in [-0.05, 0) is 6.42 Å². The Hall–Kier alpha value is -0.220. The molecule has 0 saturated carbocycles. The molecule has 0 spiro atoms. The molecule has 10 heavy (non-hydrogen) atoms. The van der Waals surface area contributed by atoms with E-state index < -0.39 is 13.6 Å². The van der Waals surface area contributed by atoms with Crippen LogP contribution in [0.25, 0.3) is 0 Å². The maximum absolute atomic E-state index is 10.2. The molecule has 5 nitrogen and oxygen atoms in total. The standard InChI is InChI=1S/C4H10NO4P/c5-4(3-6)1-2-10(7,8)9/h3-4H,1-2,5H2,(H2,7,8,9). The fraction of sp³-hybridized carbons (Fsp3) is 0.750. The summed E-state index contributed by atoms with van der Waals surface area (Å²) in [6, 6.07) is -0.757. The monoisotopic (exact) mass is 167 g/mol. The molecule has 6 heteroatoms. The van der Waals surface area contributed by atoms with Gasteiger partial charge in [-0.2, -0.15) is 0 Å². The smallest absolute Gasteiger partial charge is 0.324 e. The van der Waals surface area contributed by atoms with E-state index in [1.165, 1.54) is 0 Å². The first kappa shape index (κ1) is 9.78. The molecule has 0 aromatic heterocycles. The zero-order chi connectivity index (χ0) is 8.20. The molecule has 0 aromatic carbocycles. The quantitative estimate of drug-likeness (QED) is 0.371. The summed E-state index contributed by atoms with van der Waals surface area (Å²) in [7, 11) is -3.97. The number of aldehydes is 1. The molecule has 0 aliphatic rings. The minimum Gasteiger partial charge on any atom is -0.324 e. The second kappa shape index (κ2) is 3.83. The molecule has 0 amide bonds. The predicted molar refractivity (Wildman–Crippen MR) is 35.6 cm³/mol. The Bertz CT molecular complexity index is 153. The lowest BCUT2D eigenvalue weighted by atomic mass is 10.3. The Morgan fingerprint density at radius 1 is 1.60 bits per heavy atom. The van der Waals surface area contributed by atoms with Crippen molar-refractivity contribution in [2.24, 2.45) is 5.73 Å². The SMILES string of the molecule is NC(C=O)CCP(=O)(O)O. The highest BCUT2D eigenvalue weighted by Gasteiger charge is 2.14. The first-order valence-electron chi connectivity index (χ1n) is 2.71. The van der Waals surface area contributed by atoms with Crippen molar-refractivity contribution in [3.8, 4) is 0 Å². The Balaban J connectivity index is 3.55. The molecule has 4 N–H and O–H groups in total. The highest BCUT2D eigenvalue weighted by atomic mass is 31.2. The summed E-state index contributed by atoms with van der Waals surface area (Å²) in [5.74, 6) is 0. The molecule has 0 heterocycles. The number of carbonyl (C=O) groups is 1. The van der Waals surface area contributed by atoms with Crippen LogP contribution in [0, 0.1) is 0 Å². The van der Waals surface area contributed by atoms with Gasteiger partial charge >= 0.3 is 7.60 Å². The van der Waals surface area contributed by atoms with Gasteiger partial charge in [-0.15, -0.1) is 0 Å². The van der Waals surface area contributed by atoms with Crippen molar-refractivity contribution in [3.63, 3.8) is 0 Å². The van der Waals surface area contributed by atoms with Gasteiger partial charge in [0.1, 0.15) is 6.29 Å². The lowest BCUT2D eigenvalue weighted by Gasteiger charge is -2.04. The third-order valence-electron chi connectivity index (χ3n) is 0.929.